The van der Waals surface area contributed by atoms with E-state index in [4.69, 9.17) is 14.2 Å². The predicted octanol–water partition coefficient (Wildman–Crippen LogP) is 9.96. The van der Waals surface area contributed by atoms with Gasteiger partial charge in [0.1, 0.15) is 23.0 Å². The third-order valence-electron chi connectivity index (χ3n) is 10.1. The molecule has 2 atom stereocenters. The van der Waals surface area contributed by atoms with Gasteiger partial charge in [0, 0.05) is 12.1 Å². The molecule has 47 heavy (non-hydrogen) atoms. The zero-order valence-electron chi connectivity index (χ0n) is 28.3. The fourth-order valence-corrected chi connectivity index (χ4v) is 7.44. The molecule has 2 saturated heterocycles. The van der Waals surface area contributed by atoms with Crippen LogP contribution < -0.4 is 14.2 Å². The van der Waals surface area contributed by atoms with E-state index in [1.54, 1.807) is 0 Å². The highest BCUT2D eigenvalue weighted by Gasteiger charge is 2.27. The maximum Gasteiger partial charge on any atom is 0.127 e. The Morgan fingerprint density at radius 3 is 1.28 bits per heavy atom. The quantitative estimate of drug-likeness (QED) is 0.138. The molecule has 2 fully saturated rings. The monoisotopic (exact) mass is 632 g/mol. The lowest BCUT2D eigenvalue weighted by Gasteiger charge is -2.37. The van der Waals surface area contributed by atoms with Crippen molar-refractivity contribution in [3.63, 3.8) is 0 Å². The summed E-state index contributed by atoms with van der Waals surface area (Å²) in [6, 6.07) is 38.7. The Morgan fingerprint density at radius 2 is 0.894 bits per heavy atom. The van der Waals surface area contributed by atoms with E-state index in [-0.39, 0.29) is 0 Å². The number of para-hydroxylation sites is 2. The minimum Gasteiger partial charge on any atom is -0.493 e. The summed E-state index contributed by atoms with van der Waals surface area (Å²) < 4.78 is 18.7. The van der Waals surface area contributed by atoms with Crippen LogP contribution in [0.5, 0.6) is 23.0 Å². The molecule has 2 heterocycles. The largest absolute Gasteiger partial charge is 0.493 e. The molecule has 0 bridgehead atoms. The Morgan fingerprint density at radius 1 is 0.511 bits per heavy atom. The summed E-state index contributed by atoms with van der Waals surface area (Å²) in [6.07, 6.45) is 6.84. The average Bonchev–Trinajstić information content (AvgIpc) is 3.13. The number of ether oxygens (including phenoxy) is 3. The first-order valence-electron chi connectivity index (χ1n) is 17.9. The molecule has 4 aromatic rings. The van der Waals surface area contributed by atoms with Crippen LogP contribution in [0.3, 0.4) is 0 Å². The molecule has 248 valence electrons. The van der Waals surface area contributed by atoms with Gasteiger partial charge in [0.2, 0.25) is 0 Å². The van der Waals surface area contributed by atoms with Gasteiger partial charge in [0.15, 0.2) is 0 Å². The molecule has 0 amide bonds. The van der Waals surface area contributed by atoms with Crippen molar-refractivity contribution in [3.05, 3.63) is 120 Å². The molecule has 0 N–H and O–H groups in total. The number of likely N-dealkylation sites (tertiary alicyclic amines) is 2. The first-order valence-corrected chi connectivity index (χ1v) is 17.9. The second kappa shape index (κ2) is 16.9. The predicted molar refractivity (Wildman–Crippen MR) is 191 cm³/mol. The Hall–Kier alpha value is -3.80. The summed E-state index contributed by atoms with van der Waals surface area (Å²) in [5, 5.41) is 0. The highest BCUT2D eigenvalue weighted by molar-refractivity contribution is 5.38. The third kappa shape index (κ3) is 9.18. The molecule has 0 spiro atoms. The van der Waals surface area contributed by atoms with Crippen molar-refractivity contribution in [2.24, 2.45) is 11.8 Å². The van der Waals surface area contributed by atoms with E-state index in [0.717, 1.165) is 75.2 Å². The highest BCUT2D eigenvalue weighted by atomic mass is 16.5. The molecule has 2 unspecified atom stereocenters. The lowest BCUT2D eigenvalue weighted by atomic mass is 9.93. The molecule has 6 rings (SSSR count). The highest BCUT2D eigenvalue weighted by Crippen LogP contribution is 2.35. The van der Waals surface area contributed by atoms with E-state index in [9.17, 15) is 0 Å². The summed E-state index contributed by atoms with van der Waals surface area (Å²) in [4.78, 5) is 5.31. The molecule has 2 aliphatic rings. The van der Waals surface area contributed by atoms with Crippen molar-refractivity contribution in [3.8, 4) is 23.0 Å². The van der Waals surface area contributed by atoms with Crippen molar-refractivity contribution in [1.82, 2.24) is 9.80 Å². The molecule has 5 nitrogen and oxygen atoms in total. The topological polar surface area (TPSA) is 34.2 Å². The van der Waals surface area contributed by atoms with Gasteiger partial charge in [-0.05, 0) is 136 Å². The second-order valence-electron chi connectivity index (χ2n) is 13.3. The number of hydrogen-bond acceptors (Lipinski definition) is 5. The van der Waals surface area contributed by atoms with E-state index < -0.39 is 0 Å². The van der Waals surface area contributed by atoms with Gasteiger partial charge in [-0.1, -0.05) is 74.5 Å². The maximum atomic E-state index is 6.54. The Labute approximate surface area is 282 Å². The van der Waals surface area contributed by atoms with E-state index in [2.05, 4.69) is 72.2 Å². The van der Waals surface area contributed by atoms with Gasteiger partial charge in [0.25, 0.3) is 0 Å². The van der Waals surface area contributed by atoms with Crippen LogP contribution in [0.2, 0.25) is 0 Å². The fraction of sp³-hybridized carbons (Fsp3) is 0.429. The number of benzene rings is 4. The molecule has 5 heteroatoms. The van der Waals surface area contributed by atoms with E-state index in [0.29, 0.717) is 23.9 Å². The fourth-order valence-electron chi connectivity index (χ4n) is 7.44. The number of hydrogen-bond donors (Lipinski definition) is 0. The standard InChI is InChI=1S/C42H52N2O3/c1-3-41(43-25-21-33(22-26-43)31-45-37-15-7-5-8-16-37)35-13-11-19-39(29-35)47-40-20-12-14-36(30-40)42(4-2)44-27-23-34(24-28-44)32-46-38-17-9-6-10-18-38/h5-20,29-30,33-34,41-42H,3-4,21-28,31-32H2,1-2H3. The van der Waals surface area contributed by atoms with Gasteiger partial charge in [-0.3, -0.25) is 9.80 Å². The van der Waals surface area contributed by atoms with Crippen LogP contribution in [0.25, 0.3) is 0 Å². The molecule has 0 radical (unpaired) electrons. The van der Waals surface area contributed by atoms with Gasteiger partial charge in [-0.25, -0.2) is 0 Å². The molecule has 0 saturated carbocycles. The van der Waals surface area contributed by atoms with Crippen LogP contribution in [0.4, 0.5) is 0 Å². The van der Waals surface area contributed by atoms with Crippen LogP contribution in [-0.4, -0.2) is 49.2 Å². The van der Waals surface area contributed by atoms with Crippen molar-refractivity contribution in [2.45, 2.75) is 64.5 Å². The van der Waals surface area contributed by atoms with Crippen molar-refractivity contribution >= 4 is 0 Å². The van der Waals surface area contributed by atoms with Crippen LogP contribution in [0.15, 0.2) is 109 Å². The normalized spacial score (nSPS) is 18.0. The average molecular weight is 633 g/mol. The van der Waals surface area contributed by atoms with E-state index in [1.165, 1.54) is 36.8 Å². The summed E-state index contributed by atoms with van der Waals surface area (Å²) in [7, 11) is 0. The van der Waals surface area contributed by atoms with Crippen LogP contribution in [-0.2, 0) is 0 Å². The minimum absolute atomic E-state index is 0.395. The summed E-state index contributed by atoms with van der Waals surface area (Å²) in [5.74, 6) is 4.99. The second-order valence-corrected chi connectivity index (χ2v) is 13.3. The van der Waals surface area contributed by atoms with Gasteiger partial charge in [-0.15, -0.1) is 0 Å². The molecule has 2 aliphatic heterocycles. The van der Waals surface area contributed by atoms with Crippen molar-refractivity contribution in [2.75, 3.05) is 39.4 Å². The van der Waals surface area contributed by atoms with E-state index >= 15 is 0 Å². The van der Waals surface area contributed by atoms with Gasteiger partial charge >= 0.3 is 0 Å². The van der Waals surface area contributed by atoms with Gasteiger partial charge < -0.3 is 14.2 Å². The summed E-state index contributed by atoms with van der Waals surface area (Å²) in [6.45, 7) is 10.6. The number of rotatable bonds is 14. The molecule has 0 aromatic heterocycles. The lowest BCUT2D eigenvalue weighted by molar-refractivity contribution is 0.104. The van der Waals surface area contributed by atoms with Crippen molar-refractivity contribution < 1.29 is 14.2 Å². The zero-order chi connectivity index (χ0) is 32.3. The van der Waals surface area contributed by atoms with Crippen LogP contribution in [0.1, 0.15) is 75.6 Å². The zero-order valence-corrected chi connectivity index (χ0v) is 28.3. The molecular weight excluding hydrogens is 580 g/mol. The maximum absolute atomic E-state index is 6.54. The first kappa shape index (κ1) is 33.1. The summed E-state index contributed by atoms with van der Waals surface area (Å²) >= 11 is 0. The van der Waals surface area contributed by atoms with Crippen LogP contribution >= 0.6 is 0 Å². The lowest BCUT2D eigenvalue weighted by Crippen LogP contribution is -2.38. The van der Waals surface area contributed by atoms with E-state index in [1.807, 2.05) is 60.7 Å². The number of nitrogens with zero attached hydrogens (tertiary/aromatic N) is 2. The van der Waals surface area contributed by atoms with Crippen LogP contribution in [0, 0.1) is 11.8 Å². The Balaban J connectivity index is 1.02. The molecule has 4 aromatic carbocycles. The number of piperidine rings is 2. The summed E-state index contributed by atoms with van der Waals surface area (Å²) in [5.41, 5.74) is 2.68. The molecule has 0 aliphatic carbocycles. The third-order valence-corrected chi connectivity index (χ3v) is 10.1. The Kier molecular flexibility index (Phi) is 11.9. The van der Waals surface area contributed by atoms with Gasteiger partial charge in [-0.2, -0.15) is 0 Å². The first-order chi connectivity index (χ1) is 23.2. The van der Waals surface area contributed by atoms with Crippen molar-refractivity contribution in [1.29, 1.82) is 0 Å². The van der Waals surface area contributed by atoms with Gasteiger partial charge in [0.05, 0.1) is 13.2 Å². The minimum atomic E-state index is 0.395. The Bertz CT molecular complexity index is 1370. The SMILES string of the molecule is CCC(c1cccc(Oc2cccc(C(CC)N3CCC(COc4ccccc4)CC3)c2)c1)N1CCC(COc2ccccc2)CC1. The smallest absolute Gasteiger partial charge is 0.127 e. The molecular formula is C42H52N2O3.